The molecule has 0 amide bonds. The Labute approximate surface area is 85.6 Å². The second-order valence-corrected chi connectivity index (χ2v) is 2.74. The molecule has 0 radical (unpaired) electrons. The van der Waals surface area contributed by atoms with E-state index in [1.54, 1.807) is 0 Å². The largest absolute Gasteiger partial charge is 0.459 e. The van der Waals surface area contributed by atoms with Crippen LogP contribution in [0.2, 0.25) is 0 Å². The first kappa shape index (κ1) is 15.0. The van der Waals surface area contributed by atoms with Crippen molar-refractivity contribution >= 4 is 0 Å². The van der Waals surface area contributed by atoms with Crippen LogP contribution < -0.4 is 0 Å². The zero-order valence-electron chi connectivity index (χ0n) is 7.62. The Bertz CT molecular complexity index is 267. The lowest BCUT2D eigenvalue weighted by molar-refractivity contribution is -0.361. The molecule has 0 spiro atoms. The SMILES string of the molecule is N#CCCOCC(F)(F)C(F)(F)C(F)(F)F. The van der Waals surface area contributed by atoms with Crippen molar-refractivity contribution < 1.29 is 35.5 Å². The minimum atomic E-state index is -6.35. The normalized spacial score (nSPS) is 13.6. The number of rotatable bonds is 5. The first-order chi connectivity index (χ1) is 7.06. The second-order valence-electron chi connectivity index (χ2n) is 2.74. The molecule has 0 N–H and O–H groups in total. The van der Waals surface area contributed by atoms with Gasteiger partial charge in [-0.15, -0.1) is 0 Å². The number of hydrogen-bond donors (Lipinski definition) is 0. The van der Waals surface area contributed by atoms with Crippen LogP contribution in [0.15, 0.2) is 0 Å². The first-order valence-electron chi connectivity index (χ1n) is 3.83. The molecule has 0 heterocycles. The maximum absolute atomic E-state index is 12.4. The molecule has 0 aliphatic carbocycles. The van der Waals surface area contributed by atoms with Gasteiger partial charge in [-0.25, -0.2) is 0 Å². The summed E-state index contributed by atoms with van der Waals surface area (Å²) in [6.45, 7) is -2.73. The van der Waals surface area contributed by atoms with Gasteiger partial charge in [0.2, 0.25) is 0 Å². The molecule has 0 atom stereocenters. The molecule has 9 heteroatoms. The number of nitriles is 1. The van der Waals surface area contributed by atoms with Gasteiger partial charge in [-0.05, 0) is 0 Å². The zero-order valence-corrected chi connectivity index (χ0v) is 7.62. The van der Waals surface area contributed by atoms with Gasteiger partial charge in [0.1, 0.15) is 6.61 Å². The van der Waals surface area contributed by atoms with E-state index in [1.165, 1.54) is 6.07 Å². The van der Waals surface area contributed by atoms with Crippen LogP contribution in [-0.2, 0) is 4.74 Å². The first-order valence-corrected chi connectivity index (χ1v) is 3.83. The minimum absolute atomic E-state index is 0.381. The van der Waals surface area contributed by atoms with Crippen LogP contribution in [0.25, 0.3) is 0 Å². The quantitative estimate of drug-likeness (QED) is 0.557. The Kier molecular flexibility index (Phi) is 4.55. The summed E-state index contributed by atoms with van der Waals surface area (Å²) in [4.78, 5) is 0. The summed E-state index contributed by atoms with van der Waals surface area (Å²) in [5.41, 5.74) is 0. The highest BCUT2D eigenvalue weighted by Gasteiger charge is 2.72. The maximum Gasteiger partial charge on any atom is 0.459 e. The fraction of sp³-hybridized carbons (Fsp3) is 0.857. The average Bonchev–Trinajstić information content (AvgIpc) is 2.10. The molecule has 0 aliphatic heterocycles. The topological polar surface area (TPSA) is 33.0 Å². The molecule has 0 bridgehead atoms. The lowest BCUT2D eigenvalue weighted by Crippen LogP contribution is -2.54. The van der Waals surface area contributed by atoms with E-state index in [-0.39, 0.29) is 6.42 Å². The Morgan fingerprint density at radius 1 is 1.00 bits per heavy atom. The predicted octanol–water partition coefficient (Wildman–Crippen LogP) is 2.75. The van der Waals surface area contributed by atoms with Crippen LogP contribution in [0.1, 0.15) is 6.42 Å². The molecule has 0 aromatic carbocycles. The molecule has 0 aliphatic rings. The van der Waals surface area contributed by atoms with E-state index in [2.05, 4.69) is 4.74 Å². The highest BCUT2D eigenvalue weighted by atomic mass is 19.4. The van der Waals surface area contributed by atoms with E-state index in [0.29, 0.717) is 0 Å². The van der Waals surface area contributed by atoms with Gasteiger partial charge in [-0.3, -0.25) is 0 Å². The molecule has 0 fully saturated rings. The van der Waals surface area contributed by atoms with E-state index in [4.69, 9.17) is 5.26 Å². The summed E-state index contributed by atoms with van der Waals surface area (Å²) < 4.78 is 87.9. The zero-order chi connectivity index (χ0) is 13.0. The van der Waals surface area contributed by atoms with Gasteiger partial charge >= 0.3 is 18.0 Å². The standard InChI is InChI=1S/C7H6F7NO/c8-5(9,4-16-3-1-2-15)6(10,11)7(12,13)14/h1,3-4H2. The Morgan fingerprint density at radius 3 is 1.88 bits per heavy atom. The summed E-state index contributed by atoms with van der Waals surface area (Å²) >= 11 is 0. The third-order valence-electron chi connectivity index (χ3n) is 1.46. The molecule has 0 unspecified atom stereocenters. The lowest BCUT2D eigenvalue weighted by atomic mass is 10.2. The third kappa shape index (κ3) is 3.23. The molecule has 94 valence electrons. The Balaban J connectivity index is 4.48. The van der Waals surface area contributed by atoms with Crippen molar-refractivity contribution in [2.24, 2.45) is 0 Å². The van der Waals surface area contributed by atoms with Gasteiger partial charge in [0, 0.05) is 0 Å². The van der Waals surface area contributed by atoms with Crippen LogP contribution in [-0.4, -0.2) is 31.2 Å². The smallest absolute Gasteiger partial charge is 0.374 e. The Morgan fingerprint density at radius 2 is 1.50 bits per heavy atom. The van der Waals surface area contributed by atoms with Gasteiger partial charge in [0.05, 0.1) is 19.1 Å². The molecule has 0 aromatic rings. The van der Waals surface area contributed by atoms with Crippen LogP contribution >= 0.6 is 0 Å². The third-order valence-corrected chi connectivity index (χ3v) is 1.46. The maximum atomic E-state index is 12.4. The van der Waals surface area contributed by atoms with Crippen molar-refractivity contribution in [3.8, 4) is 6.07 Å². The van der Waals surface area contributed by atoms with Crippen LogP contribution in [0, 0.1) is 11.3 Å². The van der Waals surface area contributed by atoms with Crippen LogP contribution in [0.5, 0.6) is 0 Å². The van der Waals surface area contributed by atoms with E-state index >= 15 is 0 Å². The number of alkyl halides is 7. The molecule has 16 heavy (non-hydrogen) atoms. The van der Waals surface area contributed by atoms with Gasteiger partial charge in [-0.1, -0.05) is 0 Å². The number of nitrogens with zero attached hydrogens (tertiary/aromatic N) is 1. The van der Waals surface area contributed by atoms with Gasteiger partial charge in [0.25, 0.3) is 0 Å². The monoisotopic (exact) mass is 253 g/mol. The summed E-state index contributed by atoms with van der Waals surface area (Å²) in [6.07, 6.45) is -6.73. The summed E-state index contributed by atoms with van der Waals surface area (Å²) in [7, 11) is 0. The fourth-order valence-corrected chi connectivity index (χ4v) is 0.616. The lowest BCUT2D eigenvalue weighted by Gasteiger charge is -2.27. The minimum Gasteiger partial charge on any atom is -0.374 e. The Hall–Kier alpha value is -1.04. The predicted molar refractivity (Wildman–Crippen MR) is 37.0 cm³/mol. The van der Waals surface area contributed by atoms with E-state index < -0.39 is 31.2 Å². The molecule has 2 nitrogen and oxygen atoms in total. The molecular formula is C7H6F7NO. The number of halogens is 7. The van der Waals surface area contributed by atoms with Crippen LogP contribution in [0.4, 0.5) is 30.7 Å². The van der Waals surface area contributed by atoms with Gasteiger partial charge < -0.3 is 4.74 Å². The fourth-order valence-electron chi connectivity index (χ4n) is 0.616. The van der Waals surface area contributed by atoms with Crippen molar-refractivity contribution in [1.29, 1.82) is 5.26 Å². The molecular weight excluding hydrogens is 247 g/mol. The molecule has 0 saturated heterocycles. The molecule has 0 saturated carbocycles. The van der Waals surface area contributed by atoms with Gasteiger partial charge in [-0.2, -0.15) is 36.0 Å². The van der Waals surface area contributed by atoms with Crippen molar-refractivity contribution in [3.05, 3.63) is 0 Å². The van der Waals surface area contributed by atoms with Crippen molar-refractivity contribution in [3.63, 3.8) is 0 Å². The van der Waals surface area contributed by atoms with E-state index in [0.717, 1.165) is 0 Å². The number of ether oxygens (including phenoxy) is 1. The highest BCUT2D eigenvalue weighted by molar-refractivity contribution is 4.91. The number of hydrogen-bond acceptors (Lipinski definition) is 2. The van der Waals surface area contributed by atoms with Crippen molar-refractivity contribution in [2.75, 3.05) is 13.2 Å². The molecule has 0 aromatic heterocycles. The van der Waals surface area contributed by atoms with Crippen LogP contribution in [0.3, 0.4) is 0 Å². The average molecular weight is 253 g/mol. The summed E-state index contributed by atoms with van der Waals surface area (Å²) in [6, 6.07) is 1.44. The highest BCUT2D eigenvalue weighted by Crippen LogP contribution is 2.46. The second kappa shape index (κ2) is 4.86. The van der Waals surface area contributed by atoms with Gasteiger partial charge in [0.15, 0.2) is 0 Å². The van der Waals surface area contributed by atoms with Crippen molar-refractivity contribution in [1.82, 2.24) is 0 Å². The van der Waals surface area contributed by atoms with E-state index in [9.17, 15) is 30.7 Å². The van der Waals surface area contributed by atoms with E-state index in [1.807, 2.05) is 0 Å². The summed E-state index contributed by atoms with van der Waals surface area (Å²) in [5.74, 6) is -11.5. The summed E-state index contributed by atoms with van der Waals surface area (Å²) in [5, 5.41) is 7.94. The molecule has 0 rings (SSSR count). The van der Waals surface area contributed by atoms with Crippen molar-refractivity contribution in [2.45, 2.75) is 24.4 Å².